The monoisotopic (exact) mass is 392 g/mol. The van der Waals surface area contributed by atoms with Crippen LogP contribution in [0.5, 0.6) is 5.75 Å². The quantitative estimate of drug-likeness (QED) is 0.789. The number of benzene rings is 2. The zero-order chi connectivity index (χ0) is 19.2. The van der Waals surface area contributed by atoms with E-state index in [0.717, 1.165) is 17.9 Å². The lowest BCUT2D eigenvalue weighted by Gasteiger charge is -2.21. The fourth-order valence-corrected chi connectivity index (χ4v) is 4.23. The molecule has 1 saturated heterocycles. The molecule has 1 N–H and O–H groups in total. The molecule has 1 aliphatic heterocycles. The van der Waals surface area contributed by atoms with E-state index in [1.807, 2.05) is 6.92 Å². The van der Waals surface area contributed by atoms with E-state index < -0.39 is 11.6 Å². The molecular weight excluding hydrogens is 370 g/mol. The van der Waals surface area contributed by atoms with Crippen LogP contribution in [0.3, 0.4) is 0 Å². The Morgan fingerprint density at radius 1 is 1.22 bits per heavy atom. The first-order valence-electron chi connectivity index (χ1n) is 8.92. The van der Waals surface area contributed by atoms with Gasteiger partial charge in [-0.05, 0) is 55.8 Å². The predicted molar refractivity (Wildman–Crippen MR) is 104 cm³/mol. The number of hydrogen-bond donors (Lipinski definition) is 1. The summed E-state index contributed by atoms with van der Waals surface area (Å²) >= 11 is 1.55. The first kappa shape index (κ1) is 19.5. The predicted octanol–water partition coefficient (Wildman–Crippen LogP) is 5.08. The molecule has 1 atom stereocenters. The standard InChI is InChI=1S/C20H22F2N2O2S/c1-2-26-16-6-4-15(5-7-16)23-20(25)24-10-9-19(27-12-11-24)17-13-14(21)3-8-18(17)22/h3-8,13,19H,2,9-12H2,1H3,(H,23,25). The maximum absolute atomic E-state index is 14.0. The zero-order valence-corrected chi connectivity index (χ0v) is 15.9. The lowest BCUT2D eigenvalue weighted by atomic mass is 10.1. The summed E-state index contributed by atoms with van der Waals surface area (Å²) in [5.41, 5.74) is 1.06. The van der Waals surface area contributed by atoms with Crippen LogP contribution in [0, 0.1) is 11.6 Å². The number of thioether (sulfide) groups is 1. The normalized spacial score (nSPS) is 17.3. The highest BCUT2D eigenvalue weighted by atomic mass is 32.2. The van der Waals surface area contributed by atoms with Crippen LogP contribution in [0.25, 0.3) is 0 Å². The second kappa shape index (κ2) is 9.08. The fourth-order valence-electron chi connectivity index (χ4n) is 2.99. The van der Waals surface area contributed by atoms with E-state index in [-0.39, 0.29) is 11.3 Å². The van der Waals surface area contributed by atoms with Crippen molar-refractivity contribution in [2.75, 3.05) is 30.8 Å². The summed E-state index contributed by atoms with van der Waals surface area (Å²) < 4.78 is 32.9. The number of nitrogens with zero attached hydrogens (tertiary/aromatic N) is 1. The third-order valence-corrected chi connectivity index (χ3v) is 5.66. The minimum atomic E-state index is -0.443. The van der Waals surface area contributed by atoms with Crippen molar-refractivity contribution in [3.8, 4) is 5.75 Å². The molecule has 1 fully saturated rings. The molecule has 0 radical (unpaired) electrons. The smallest absolute Gasteiger partial charge is 0.321 e. The molecule has 0 spiro atoms. The van der Waals surface area contributed by atoms with Crippen molar-refractivity contribution < 1.29 is 18.3 Å². The van der Waals surface area contributed by atoms with Crippen LogP contribution in [0.2, 0.25) is 0 Å². The Labute approximate surface area is 161 Å². The first-order valence-corrected chi connectivity index (χ1v) is 9.97. The molecule has 0 aromatic heterocycles. The van der Waals surface area contributed by atoms with E-state index in [0.29, 0.717) is 43.1 Å². The van der Waals surface area contributed by atoms with Gasteiger partial charge in [-0.1, -0.05) is 0 Å². The third kappa shape index (κ3) is 5.13. The summed E-state index contributed by atoms with van der Waals surface area (Å²) in [5.74, 6) is 0.571. The van der Waals surface area contributed by atoms with Crippen molar-refractivity contribution in [2.24, 2.45) is 0 Å². The Bertz CT molecular complexity index is 786. The molecule has 4 nitrogen and oxygen atoms in total. The molecule has 0 aliphatic carbocycles. The van der Waals surface area contributed by atoms with Gasteiger partial charge in [0.1, 0.15) is 17.4 Å². The van der Waals surface area contributed by atoms with Gasteiger partial charge in [0, 0.05) is 35.3 Å². The summed E-state index contributed by atoms with van der Waals surface area (Å²) in [6.07, 6.45) is 0.571. The van der Waals surface area contributed by atoms with Gasteiger partial charge in [0.2, 0.25) is 0 Å². The van der Waals surface area contributed by atoms with E-state index in [1.54, 1.807) is 40.9 Å². The second-order valence-corrected chi connectivity index (χ2v) is 7.50. The van der Waals surface area contributed by atoms with Gasteiger partial charge in [-0.2, -0.15) is 11.8 Å². The maximum Gasteiger partial charge on any atom is 0.321 e. The molecule has 0 saturated carbocycles. The number of urea groups is 1. The Morgan fingerprint density at radius 2 is 2.00 bits per heavy atom. The van der Waals surface area contributed by atoms with E-state index in [9.17, 15) is 13.6 Å². The molecule has 2 amide bonds. The number of hydrogen-bond acceptors (Lipinski definition) is 3. The second-order valence-electron chi connectivity index (χ2n) is 6.19. The van der Waals surface area contributed by atoms with Crippen LogP contribution in [0.4, 0.5) is 19.3 Å². The van der Waals surface area contributed by atoms with Gasteiger partial charge in [-0.3, -0.25) is 0 Å². The summed E-state index contributed by atoms with van der Waals surface area (Å²) in [6, 6.07) is 10.5. The van der Waals surface area contributed by atoms with E-state index in [4.69, 9.17) is 4.74 Å². The molecule has 2 aromatic carbocycles. The van der Waals surface area contributed by atoms with Gasteiger partial charge in [0.15, 0.2) is 0 Å². The van der Waals surface area contributed by atoms with Crippen molar-refractivity contribution in [1.82, 2.24) is 4.90 Å². The first-order chi connectivity index (χ1) is 13.1. The van der Waals surface area contributed by atoms with Crippen LogP contribution in [-0.2, 0) is 0 Å². The van der Waals surface area contributed by atoms with E-state index in [2.05, 4.69) is 5.32 Å². The van der Waals surface area contributed by atoms with E-state index in [1.165, 1.54) is 6.07 Å². The molecule has 27 heavy (non-hydrogen) atoms. The highest BCUT2D eigenvalue weighted by molar-refractivity contribution is 7.99. The van der Waals surface area contributed by atoms with Crippen molar-refractivity contribution in [2.45, 2.75) is 18.6 Å². The van der Waals surface area contributed by atoms with Crippen molar-refractivity contribution in [3.63, 3.8) is 0 Å². The van der Waals surface area contributed by atoms with Crippen molar-refractivity contribution in [1.29, 1.82) is 0 Å². The van der Waals surface area contributed by atoms with Gasteiger partial charge in [-0.15, -0.1) is 0 Å². The average Bonchev–Trinajstić information content (AvgIpc) is 2.92. The number of nitrogens with one attached hydrogen (secondary N) is 1. The van der Waals surface area contributed by atoms with Gasteiger partial charge in [0.25, 0.3) is 0 Å². The van der Waals surface area contributed by atoms with Gasteiger partial charge in [-0.25, -0.2) is 13.6 Å². The number of anilines is 1. The Hall–Kier alpha value is -2.28. The fraction of sp³-hybridized carbons (Fsp3) is 0.350. The lowest BCUT2D eigenvalue weighted by Crippen LogP contribution is -2.36. The summed E-state index contributed by atoms with van der Waals surface area (Å²) in [4.78, 5) is 14.2. The molecule has 1 heterocycles. The SMILES string of the molecule is CCOc1ccc(NC(=O)N2CCSC(c3cc(F)ccc3F)CC2)cc1. The van der Waals surface area contributed by atoms with Crippen molar-refractivity contribution in [3.05, 3.63) is 59.7 Å². The van der Waals surface area contributed by atoms with Crippen LogP contribution in [0.1, 0.15) is 24.2 Å². The van der Waals surface area contributed by atoms with Gasteiger partial charge in [0.05, 0.1) is 6.61 Å². The Balaban J connectivity index is 1.60. The minimum Gasteiger partial charge on any atom is -0.494 e. The number of ether oxygens (including phenoxy) is 1. The van der Waals surface area contributed by atoms with Crippen LogP contribution in [-0.4, -0.2) is 36.4 Å². The van der Waals surface area contributed by atoms with Crippen LogP contribution >= 0.6 is 11.8 Å². The number of amides is 2. The number of rotatable bonds is 4. The Kier molecular flexibility index (Phi) is 6.55. The summed E-state index contributed by atoms with van der Waals surface area (Å²) in [6.45, 7) is 3.54. The highest BCUT2D eigenvalue weighted by Gasteiger charge is 2.24. The molecule has 0 bridgehead atoms. The molecule has 1 unspecified atom stereocenters. The molecule has 144 valence electrons. The van der Waals surface area contributed by atoms with Crippen molar-refractivity contribution >= 4 is 23.5 Å². The molecule has 1 aliphatic rings. The topological polar surface area (TPSA) is 41.6 Å². The van der Waals surface area contributed by atoms with E-state index >= 15 is 0 Å². The van der Waals surface area contributed by atoms with Crippen LogP contribution in [0.15, 0.2) is 42.5 Å². The highest BCUT2D eigenvalue weighted by Crippen LogP contribution is 2.36. The maximum atomic E-state index is 14.0. The Morgan fingerprint density at radius 3 is 2.74 bits per heavy atom. The number of carbonyl (C=O) groups is 1. The van der Waals surface area contributed by atoms with Gasteiger partial charge < -0.3 is 15.0 Å². The molecule has 7 heteroatoms. The summed E-state index contributed by atoms with van der Waals surface area (Å²) in [7, 11) is 0. The zero-order valence-electron chi connectivity index (χ0n) is 15.1. The largest absolute Gasteiger partial charge is 0.494 e. The summed E-state index contributed by atoms with van der Waals surface area (Å²) in [5, 5.41) is 2.71. The molecule has 3 rings (SSSR count). The lowest BCUT2D eigenvalue weighted by molar-refractivity contribution is 0.215. The third-order valence-electron chi connectivity index (χ3n) is 4.35. The van der Waals surface area contributed by atoms with Crippen LogP contribution < -0.4 is 10.1 Å². The number of halogens is 2. The number of carbonyl (C=O) groups excluding carboxylic acids is 1. The van der Waals surface area contributed by atoms with Gasteiger partial charge >= 0.3 is 6.03 Å². The minimum absolute atomic E-state index is 0.163. The molecule has 2 aromatic rings. The molecular formula is C20H22F2N2O2S. The average molecular weight is 392 g/mol.